The number of imidazole rings is 1. The summed E-state index contributed by atoms with van der Waals surface area (Å²) in [5, 5.41) is 0. The van der Waals surface area contributed by atoms with Crippen molar-refractivity contribution in [3.8, 4) is 5.75 Å². The van der Waals surface area contributed by atoms with Crippen LogP contribution >= 0.6 is 0 Å². The summed E-state index contributed by atoms with van der Waals surface area (Å²) in [6.45, 7) is 1.90. The molecule has 0 aliphatic heterocycles. The smallest absolute Gasteiger partial charge is 0.276 e. The molecule has 5 nitrogen and oxygen atoms in total. The number of para-hydroxylation sites is 3. The Balaban J connectivity index is 1.66. The van der Waals surface area contributed by atoms with Crippen LogP contribution in [-0.4, -0.2) is 22.2 Å². The van der Waals surface area contributed by atoms with Gasteiger partial charge < -0.3 is 4.74 Å². The lowest BCUT2D eigenvalue weighted by Gasteiger charge is -2.10. The number of hydrogen-bond acceptors (Lipinski definition) is 3. The number of carbonyl (C=O) groups excluding carboxylic acids is 1. The molecule has 21 heavy (non-hydrogen) atoms. The van der Waals surface area contributed by atoms with Crippen LogP contribution in [0.25, 0.3) is 11.0 Å². The van der Waals surface area contributed by atoms with Gasteiger partial charge in [0, 0.05) is 0 Å². The van der Waals surface area contributed by atoms with Crippen molar-refractivity contribution in [1.29, 1.82) is 0 Å². The fourth-order valence-electron chi connectivity index (χ4n) is 2.08. The van der Waals surface area contributed by atoms with E-state index in [2.05, 4.69) is 10.4 Å². The van der Waals surface area contributed by atoms with Crippen LogP contribution in [-0.2, 0) is 4.79 Å². The third-order valence-electron chi connectivity index (χ3n) is 3.15. The molecule has 0 aliphatic rings. The van der Waals surface area contributed by atoms with Gasteiger partial charge in [0.2, 0.25) is 0 Å². The molecule has 106 valence electrons. The molecule has 1 N–H and O–H groups in total. The Morgan fingerprint density at radius 2 is 1.95 bits per heavy atom. The molecule has 0 spiro atoms. The minimum Gasteiger partial charge on any atom is -0.483 e. The highest BCUT2D eigenvalue weighted by Crippen LogP contribution is 2.16. The van der Waals surface area contributed by atoms with E-state index in [0.717, 1.165) is 16.6 Å². The number of ether oxygens (including phenoxy) is 1. The van der Waals surface area contributed by atoms with E-state index in [1.165, 1.54) is 0 Å². The van der Waals surface area contributed by atoms with Gasteiger partial charge in [0.25, 0.3) is 5.91 Å². The minimum absolute atomic E-state index is 0.0443. The van der Waals surface area contributed by atoms with Crippen LogP contribution < -0.4 is 10.2 Å². The second-order valence-corrected chi connectivity index (χ2v) is 4.69. The van der Waals surface area contributed by atoms with Gasteiger partial charge in [-0.15, -0.1) is 0 Å². The van der Waals surface area contributed by atoms with Crippen LogP contribution in [0.15, 0.2) is 54.9 Å². The van der Waals surface area contributed by atoms with Gasteiger partial charge in [0.05, 0.1) is 11.0 Å². The van der Waals surface area contributed by atoms with E-state index in [1.807, 2.05) is 55.5 Å². The zero-order valence-corrected chi connectivity index (χ0v) is 11.6. The molecule has 0 unspecified atom stereocenters. The Hall–Kier alpha value is -2.82. The first-order chi connectivity index (χ1) is 10.2. The van der Waals surface area contributed by atoms with Crippen LogP contribution in [0.4, 0.5) is 0 Å². The van der Waals surface area contributed by atoms with E-state index in [1.54, 1.807) is 11.0 Å². The zero-order valence-electron chi connectivity index (χ0n) is 11.6. The van der Waals surface area contributed by atoms with Crippen LogP contribution in [0.5, 0.6) is 5.75 Å². The molecule has 2 aromatic carbocycles. The Labute approximate surface area is 122 Å². The van der Waals surface area contributed by atoms with Crippen molar-refractivity contribution in [1.82, 2.24) is 9.66 Å². The molecule has 1 aromatic heterocycles. The summed E-state index contributed by atoms with van der Waals surface area (Å²) in [6.07, 6.45) is 1.58. The second kappa shape index (κ2) is 5.66. The van der Waals surface area contributed by atoms with Crippen LogP contribution in [0.2, 0.25) is 0 Å². The van der Waals surface area contributed by atoms with Crippen LogP contribution in [0, 0.1) is 6.92 Å². The van der Waals surface area contributed by atoms with E-state index in [-0.39, 0.29) is 12.5 Å². The first-order valence-electron chi connectivity index (χ1n) is 6.64. The molecule has 0 atom stereocenters. The fourth-order valence-corrected chi connectivity index (χ4v) is 2.08. The maximum atomic E-state index is 12.0. The summed E-state index contributed by atoms with van der Waals surface area (Å²) in [5.41, 5.74) is 5.42. The number of amides is 1. The Morgan fingerprint density at radius 1 is 1.19 bits per heavy atom. The minimum atomic E-state index is -0.235. The molecule has 0 aliphatic carbocycles. The molecule has 3 aromatic rings. The molecule has 0 fully saturated rings. The van der Waals surface area contributed by atoms with Gasteiger partial charge in [-0.3, -0.25) is 10.2 Å². The highest BCUT2D eigenvalue weighted by atomic mass is 16.5. The van der Waals surface area contributed by atoms with Crippen molar-refractivity contribution in [3.63, 3.8) is 0 Å². The maximum absolute atomic E-state index is 12.0. The molecule has 0 saturated heterocycles. The van der Waals surface area contributed by atoms with Gasteiger partial charge in [0.15, 0.2) is 6.61 Å². The molecule has 0 saturated carbocycles. The predicted octanol–water partition coefficient (Wildman–Crippen LogP) is 2.49. The number of fused-ring (bicyclic) bond motifs is 1. The molecule has 1 amide bonds. The average Bonchev–Trinajstić information content (AvgIpc) is 2.90. The Kier molecular flexibility index (Phi) is 3.55. The summed E-state index contributed by atoms with van der Waals surface area (Å²) in [6, 6.07) is 15.2. The highest BCUT2D eigenvalue weighted by Gasteiger charge is 2.07. The first-order valence-corrected chi connectivity index (χ1v) is 6.64. The lowest BCUT2D eigenvalue weighted by atomic mass is 10.2. The summed E-state index contributed by atoms with van der Waals surface area (Å²) in [4.78, 5) is 16.2. The van der Waals surface area contributed by atoms with E-state index in [9.17, 15) is 4.79 Å². The monoisotopic (exact) mass is 281 g/mol. The number of carbonyl (C=O) groups is 1. The van der Waals surface area contributed by atoms with Crippen molar-refractivity contribution < 1.29 is 9.53 Å². The van der Waals surface area contributed by atoms with Crippen molar-refractivity contribution in [2.45, 2.75) is 6.92 Å². The van der Waals surface area contributed by atoms with E-state index in [4.69, 9.17) is 4.74 Å². The van der Waals surface area contributed by atoms with Gasteiger partial charge >= 0.3 is 0 Å². The largest absolute Gasteiger partial charge is 0.483 e. The topological polar surface area (TPSA) is 56.1 Å². The molecule has 3 rings (SSSR count). The molecular formula is C16H15N3O2. The average molecular weight is 281 g/mol. The fraction of sp³-hybridized carbons (Fsp3) is 0.125. The van der Waals surface area contributed by atoms with Crippen LogP contribution in [0.1, 0.15) is 5.56 Å². The van der Waals surface area contributed by atoms with Gasteiger partial charge in [-0.2, -0.15) is 0 Å². The quantitative estimate of drug-likeness (QED) is 0.799. The first kappa shape index (κ1) is 13.2. The standard InChI is InChI=1S/C16H15N3O2/c1-12-6-2-5-9-15(12)21-10-16(20)18-19-11-17-13-7-3-4-8-14(13)19/h2-9,11H,10H2,1H3,(H,18,20). The second-order valence-electron chi connectivity index (χ2n) is 4.69. The number of benzene rings is 2. The third kappa shape index (κ3) is 2.86. The van der Waals surface area contributed by atoms with Crippen molar-refractivity contribution >= 4 is 16.9 Å². The van der Waals surface area contributed by atoms with Gasteiger partial charge in [-0.25, -0.2) is 9.66 Å². The van der Waals surface area contributed by atoms with Crippen molar-refractivity contribution in [2.24, 2.45) is 0 Å². The van der Waals surface area contributed by atoms with E-state index < -0.39 is 0 Å². The third-order valence-corrected chi connectivity index (χ3v) is 3.15. The normalized spacial score (nSPS) is 10.5. The van der Waals surface area contributed by atoms with Crippen molar-refractivity contribution in [2.75, 3.05) is 12.0 Å². The Morgan fingerprint density at radius 3 is 2.81 bits per heavy atom. The molecule has 0 bridgehead atoms. The van der Waals surface area contributed by atoms with E-state index >= 15 is 0 Å². The molecule has 0 radical (unpaired) electrons. The highest BCUT2D eigenvalue weighted by molar-refractivity contribution is 5.87. The van der Waals surface area contributed by atoms with Crippen molar-refractivity contribution in [3.05, 3.63) is 60.4 Å². The number of nitrogens with one attached hydrogen (secondary N) is 1. The number of aryl methyl sites for hydroxylation is 1. The van der Waals surface area contributed by atoms with Gasteiger partial charge in [0.1, 0.15) is 12.1 Å². The Bertz CT molecular complexity index is 780. The SMILES string of the molecule is Cc1ccccc1OCC(=O)Nn1cnc2ccccc21. The summed E-state index contributed by atoms with van der Waals surface area (Å²) < 4.78 is 7.11. The predicted molar refractivity (Wildman–Crippen MR) is 80.8 cm³/mol. The maximum Gasteiger partial charge on any atom is 0.276 e. The summed E-state index contributed by atoms with van der Waals surface area (Å²) >= 11 is 0. The summed E-state index contributed by atoms with van der Waals surface area (Å²) in [5.74, 6) is 0.476. The molecule has 1 heterocycles. The number of nitrogens with zero attached hydrogens (tertiary/aromatic N) is 2. The van der Waals surface area contributed by atoms with Gasteiger partial charge in [-0.05, 0) is 30.7 Å². The zero-order chi connectivity index (χ0) is 14.7. The lowest BCUT2D eigenvalue weighted by Crippen LogP contribution is -2.27. The van der Waals surface area contributed by atoms with E-state index in [0.29, 0.717) is 5.75 Å². The lowest BCUT2D eigenvalue weighted by molar-refractivity contribution is -0.119. The molecule has 5 heteroatoms. The number of hydrogen-bond donors (Lipinski definition) is 1. The summed E-state index contributed by atoms with van der Waals surface area (Å²) in [7, 11) is 0. The number of rotatable bonds is 4. The van der Waals surface area contributed by atoms with Gasteiger partial charge in [-0.1, -0.05) is 30.3 Å². The number of aromatic nitrogens is 2. The van der Waals surface area contributed by atoms with Crippen LogP contribution in [0.3, 0.4) is 0 Å². The molecular weight excluding hydrogens is 266 g/mol.